The van der Waals surface area contributed by atoms with Gasteiger partial charge in [-0.15, -0.1) is 0 Å². The van der Waals surface area contributed by atoms with Crippen molar-refractivity contribution in [3.63, 3.8) is 0 Å². The van der Waals surface area contributed by atoms with Crippen LogP contribution in [0.5, 0.6) is 0 Å². The third-order valence-corrected chi connectivity index (χ3v) is 4.49. The van der Waals surface area contributed by atoms with E-state index >= 15 is 0 Å². The third-order valence-electron chi connectivity index (χ3n) is 4.49. The van der Waals surface area contributed by atoms with Crippen LogP contribution >= 0.6 is 0 Å². The van der Waals surface area contributed by atoms with E-state index in [1.807, 2.05) is 0 Å². The van der Waals surface area contributed by atoms with E-state index < -0.39 is 17.5 Å². The zero-order valence-corrected chi connectivity index (χ0v) is 15.7. The highest BCUT2D eigenvalue weighted by Crippen LogP contribution is 2.28. The number of carbonyl (C=O) groups is 4. The van der Waals surface area contributed by atoms with Gasteiger partial charge in [-0.05, 0) is 48.4 Å². The molecule has 0 aliphatic heterocycles. The quantitative estimate of drug-likeness (QED) is 0.474. The Hall–Kier alpha value is -4.00. The number of aldehydes is 2. The Balaban J connectivity index is 2.05. The van der Waals surface area contributed by atoms with E-state index in [1.165, 1.54) is 43.3 Å². The summed E-state index contributed by atoms with van der Waals surface area (Å²) in [5, 5.41) is 2.57. The molecule has 1 amide bonds. The Morgan fingerprint density at radius 2 is 1.50 bits per heavy atom. The van der Waals surface area contributed by atoms with Gasteiger partial charge in [0.15, 0.2) is 23.7 Å². The summed E-state index contributed by atoms with van der Waals surface area (Å²) in [7, 11) is 0. The van der Waals surface area contributed by atoms with Gasteiger partial charge < -0.3 is 5.32 Å². The Morgan fingerprint density at radius 3 is 2.13 bits per heavy atom. The first-order valence-corrected chi connectivity index (χ1v) is 8.80. The maximum atomic E-state index is 13.6. The molecule has 0 aromatic heterocycles. The van der Waals surface area contributed by atoms with Crippen molar-refractivity contribution in [1.29, 1.82) is 0 Å². The van der Waals surface area contributed by atoms with Gasteiger partial charge in [-0.2, -0.15) is 0 Å². The maximum absolute atomic E-state index is 13.6. The summed E-state index contributed by atoms with van der Waals surface area (Å²) in [6.45, 7) is 1.31. The van der Waals surface area contributed by atoms with Crippen LogP contribution in [0.15, 0.2) is 54.6 Å². The first kappa shape index (κ1) is 20.7. The van der Waals surface area contributed by atoms with Crippen LogP contribution in [0.1, 0.15) is 48.4 Å². The maximum Gasteiger partial charge on any atom is 0.256 e. The number of Topliss-reactive ketones (excluding diaryl/α,β-unsaturated/α-hetero) is 1. The minimum atomic E-state index is -1.03. The van der Waals surface area contributed by atoms with Crippen LogP contribution in [0.3, 0.4) is 0 Å². The van der Waals surface area contributed by atoms with Gasteiger partial charge in [-0.3, -0.25) is 19.2 Å². The number of hydrogen-bond donors (Lipinski definition) is 1. The highest BCUT2D eigenvalue weighted by atomic mass is 19.2. The topological polar surface area (TPSA) is 80.3 Å². The van der Waals surface area contributed by atoms with Crippen molar-refractivity contribution in [2.75, 3.05) is 5.32 Å². The van der Waals surface area contributed by atoms with Gasteiger partial charge in [0.05, 0.1) is 11.3 Å². The molecular weight excluding hydrogens is 392 g/mol. The van der Waals surface area contributed by atoms with Crippen LogP contribution in [0, 0.1) is 11.6 Å². The molecular formula is C23H15F2NO4. The molecule has 3 rings (SSSR count). The molecule has 0 heterocycles. The van der Waals surface area contributed by atoms with Gasteiger partial charge in [0, 0.05) is 16.7 Å². The molecule has 0 fully saturated rings. The lowest BCUT2D eigenvalue weighted by atomic mass is 9.99. The molecule has 5 nitrogen and oxygen atoms in total. The number of anilines is 1. The zero-order chi connectivity index (χ0) is 21.8. The SMILES string of the molecule is CC(=O)c1ccc(-c2ccc(F)c(F)c2)cc1NC(=O)c1cc(C=O)ccc1C=O. The van der Waals surface area contributed by atoms with Gasteiger partial charge in [-0.1, -0.05) is 24.3 Å². The van der Waals surface area contributed by atoms with E-state index in [-0.39, 0.29) is 33.7 Å². The number of nitrogens with one attached hydrogen (secondary N) is 1. The zero-order valence-electron chi connectivity index (χ0n) is 15.7. The minimum Gasteiger partial charge on any atom is -0.321 e. The van der Waals surface area contributed by atoms with Crippen LogP contribution in [-0.2, 0) is 0 Å². The summed E-state index contributed by atoms with van der Waals surface area (Å²) in [6, 6.07) is 11.8. The van der Waals surface area contributed by atoms with Crippen LogP contribution < -0.4 is 5.32 Å². The second kappa shape index (κ2) is 8.57. The Kier molecular flexibility index (Phi) is 5.92. The molecule has 0 bridgehead atoms. The van der Waals surface area contributed by atoms with Crippen molar-refractivity contribution in [2.24, 2.45) is 0 Å². The van der Waals surface area contributed by atoms with E-state index in [4.69, 9.17) is 0 Å². The summed E-state index contributed by atoms with van der Waals surface area (Å²) < 4.78 is 26.8. The van der Waals surface area contributed by atoms with Gasteiger partial charge in [0.25, 0.3) is 5.91 Å². The summed E-state index contributed by atoms with van der Waals surface area (Å²) in [5.41, 5.74) is 1.33. The fourth-order valence-electron chi connectivity index (χ4n) is 2.95. The fraction of sp³-hybridized carbons (Fsp3) is 0.0435. The number of ketones is 1. The third kappa shape index (κ3) is 4.20. The molecule has 3 aromatic carbocycles. The molecule has 30 heavy (non-hydrogen) atoms. The van der Waals surface area contributed by atoms with Crippen molar-refractivity contribution in [2.45, 2.75) is 6.92 Å². The Bertz CT molecular complexity index is 1190. The van der Waals surface area contributed by atoms with Gasteiger partial charge >= 0.3 is 0 Å². The molecule has 150 valence electrons. The van der Waals surface area contributed by atoms with Gasteiger partial charge in [-0.25, -0.2) is 8.78 Å². The second-order valence-corrected chi connectivity index (χ2v) is 6.48. The smallest absolute Gasteiger partial charge is 0.256 e. The molecule has 0 saturated carbocycles. The number of carbonyl (C=O) groups excluding carboxylic acids is 4. The van der Waals surface area contributed by atoms with Crippen molar-refractivity contribution >= 4 is 30.0 Å². The highest BCUT2D eigenvalue weighted by Gasteiger charge is 2.17. The van der Waals surface area contributed by atoms with Gasteiger partial charge in [0.1, 0.15) is 6.29 Å². The molecule has 0 radical (unpaired) electrons. The lowest BCUT2D eigenvalue weighted by Crippen LogP contribution is -2.16. The summed E-state index contributed by atoms with van der Waals surface area (Å²) >= 11 is 0. The molecule has 0 spiro atoms. The number of benzene rings is 3. The molecule has 1 N–H and O–H groups in total. The molecule has 7 heteroatoms. The van der Waals surface area contributed by atoms with Crippen LogP contribution in [0.2, 0.25) is 0 Å². The second-order valence-electron chi connectivity index (χ2n) is 6.48. The van der Waals surface area contributed by atoms with E-state index in [2.05, 4.69) is 5.32 Å². The predicted octanol–water partition coefficient (Wildman–Crippen LogP) is 4.71. The standard InChI is InChI=1S/C23H15F2NO4/c1-13(29)18-6-4-16(15-5-7-20(24)21(25)9-15)10-22(18)26-23(30)19-8-14(11-27)2-3-17(19)12-28/h2-12H,1H3,(H,26,30). The monoisotopic (exact) mass is 407 g/mol. The highest BCUT2D eigenvalue weighted by molar-refractivity contribution is 6.12. The van der Waals surface area contributed by atoms with E-state index in [0.29, 0.717) is 23.7 Å². The first-order valence-electron chi connectivity index (χ1n) is 8.80. The van der Waals surface area contributed by atoms with Gasteiger partial charge in [0.2, 0.25) is 0 Å². The van der Waals surface area contributed by atoms with E-state index in [0.717, 1.165) is 12.1 Å². The van der Waals surface area contributed by atoms with Crippen LogP contribution in [0.25, 0.3) is 11.1 Å². The summed E-state index contributed by atoms with van der Waals surface area (Å²) in [4.78, 5) is 47.1. The number of hydrogen-bond acceptors (Lipinski definition) is 4. The average molecular weight is 407 g/mol. The lowest BCUT2D eigenvalue weighted by Gasteiger charge is -2.13. The van der Waals surface area contributed by atoms with Crippen LogP contribution in [0.4, 0.5) is 14.5 Å². The molecule has 3 aromatic rings. The number of rotatable bonds is 6. The lowest BCUT2D eigenvalue weighted by molar-refractivity contribution is 0.101. The first-order chi connectivity index (χ1) is 14.3. The molecule has 0 unspecified atom stereocenters. The van der Waals surface area contributed by atoms with Crippen molar-refractivity contribution in [3.05, 3.63) is 88.5 Å². The van der Waals surface area contributed by atoms with Crippen LogP contribution in [-0.4, -0.2) is 24.3 Å². The predicted molar refractivity (Wildman–Crippen MR) is 107 cm³/mol. The fourth-order valence-corrected chi connectivity index (χ4v) is 2.95. The number of amides is 1. The van der Waals surface area contributed by atoms with E-state index in [1.54, 1.807) is 6.07 Å². The van der Waals surface area contributed by atoms with E-state index in [9.17, 15) is 28.0 Å². The molecule has 0 aliphatic carbocycles. The summed E-state index contributed by atoms with van der Waals surface area (Å²) in [6.07, 6.45) is 1.02. The normalized spacial score (nSPS) is 10.4. The summed E-state index contributed by atoms with van der Waals surface area (Å²) in [5.74, 6) is -3.07. The number of halogens is 2. The largest absolute Gasteiger partial charge is 0.321 e. The molecule has 0 aliphatic rings. The van der Waals surface area contributed by atoms with Crippen molar-refractivity contribution in [1.82, 2.24) is 0 Å². The van der Waals surface area contributed by atoms with Crippen molar-refractivity contribution in [3.8, 4) is 11.1 Å². The Morgan fingerprint density at radius 1 is 0.800 bits per heavy atom. The Labute approximate surface area is 170 Å². The molecule has 0 saturated heterocycles. The van der Waals surface area contributed by atoms with Crippen molar-refractivity contribution < 1.29 is 28.0 Å². The molecule has 0 atom stereocenters. The average Bonchev–Trinajstić information content (AvgIpc) is 2.74. The minimum absolute atomic E-state index is 0.0395.